The van der Waals surface area contributed by atoms with E-state index in [1.165, 1.54) is 18.9 Å². The summed E-state index contributed by atoms with van der Waals surface area (Å²) >= 11 is 3.13. The molecule has 2 N–H and O–H groups in total. The van der Waals surface area contributed by atoms with Crippen LogP contribution in [0, 0.1) is 18.7 Å². The fourth-order valence-electron chi connectivity index (χ4n) is 1.65. The standard InChI is InChI=1S/C13H16BrFN2O/c1-8-4-10(14)11(15)5-12(8)16-7-13(18)17-6-9-2-3-9/h4-5,9,16H,2-3,6-7H2,1H3,(H,17,18). The molecule has 0 radical (unpaired) electrons. The number of amides is 1. The molecule has 0 atom stereocenters. The summed E-state index contributed by atoms with van der Waals surface area (Å²) in [5, 5.41) is 5.81. The number of hydrogen-bond acceptors (Lipinski definition) is 2. The van der Waals surface area contributed by atoms with E-state index in [9.17, 15) is 9.18 Å². The maximum atomic E-state index is 13.4. The summed E-state index contributed by atoms with van der Waals surface area (Å²) in [4.78, 5) is 11.5. The summed E-state index contributed by atoms with van der Waals surface area (Å²) < 4.78 is 13.8. The zero-order valence-electron chi connectivity index (χ0n) is 10.2. The van der Waals surface area contributed by atoms with E-state index >= 15 is 0 Å². The average molecular weight is 315 g/mol. The monoisotopic (exact) mass is 314 g/mol. The van der Waals surface area contributed by atoms with Crippen LogP contribution in [0.25, 0.3) is 0 Å². The third-order valence-corrected chi connectivity index (χ3v) is 3.60. The molecule has 18 heavy (non-hydrogen) atoms. The van der Waals surface area contributed by atoms with E-state index in [2.05, 4.69) is 26.6 Å². The van der Waals surface area contributed by atoms with Crippen molar-refractivity contribution in [1.82, 2.24) is 5.32 Å². The Hall–Kier alpha value is -1.10. The second-order valence-corrected chi connectivity index (χ2v) is 5.54. The molecule has 1 fully saturated rings. The molecule has 1 aromatic carbocycles. The summed E-state index contributed by atoms with van der Waals surface area (Å²) in [6.07, 6.45) is 2.43. The molecule has 98 valence electrons. The average Bonchev–Trinajstić information content (AvgIpc) is 3.13. The molecule has 1 aromatic rings. The summed E-state index contributed by atoms with van der Waals surface area (Å²) in [7, 11) is 0. The first-order chi connectivity index (χ1) is 8.56. The summed E-state index contributed by atoms with van der Waals surface area (Å²) in [6.45, 7) is 2.80. The van der Waals surface area contributed by atoms with Crippen molar-refractivity contribution in [2.45, 2.75) is 19.8 Å². The topological polar surface area (TPSA) is 41.1 Å². The molecule has 1 aliphatic rings. The lowest BCUT2D eigenvalue weighted by Gasteiger charge is -2.10. The molecule has 0 aliphatic heterocycles. The Balaban J connectivity index is 1.84. The van der Waals surface area contributed by atoms with Gasteiger partial charge in [-0.25, -0.2) is 4.39 Å². The van der Waals surface area contributed by atoms with Crippen LogP contribution in [0.3, 0.4) is 0 Å². The minimum atomic E-state index is -0.332. The van der Waals surface area contributed by atoms with E-state index < -0.39 is 0 Å². The van der Waals surface area contributed by atoms with Gasteiger partial charge in [-0.1, -0.05) is 0 Å². The Kier molecular flexibility index (Phi) is 4.22. The number of hydrogen-bond donors (Lipinski definition) is 2. The van der Waals surface area contributed by atoms with Crippen molar-refractivity contribution < 1.29 is 9.18 Å². The summed E-state index contributed by atoms with van der Waals surface area (Å²) in [5.74, 6) is 0.284. The van der Waals surface area contributed by atoms with Crippen molar-refractivity contribution in [3.8, 4) is 0 Å². The quantitative estimate of drug-likeness (QED) is 0.877. The Morgan fingerprint density at radius 2 is 2.22 bits per heavy atom. The molecule has 5 heteroatoms. The fourth-order valence-corrected chi connectivity index (χ4v) is 2.11. The first kappa shape index (κ1) is 13.3. The van der Waals surface area contributed by atoms with Gasteiger partial charge >= 0.3 is 0 Å². The number of anilines is 1. The van der Waals surface area contributed by atoms with Crippen molar-refractivity contribution in [1.29, 1.82) is 0 Å². The molecule has 0 saturated heterocycles. The zero-order chi connectivity index (χ0) is 13.1. The maximum absolute atomic E-state index is 13.4. The first-order valence-electron chi connectivity index (χ1n) is 6.02. The largest absolute Gasteiger partial charge is 0.376 e. The number of aryl methyl sites for hydroxylation is 1. The van der Waals surface area contributed by atoms with Crippen LogP contribution in [0.2, 0.25) is 0 Å². The van der Waals surface area contributed by atoms with Crippen molar-refractivity contribution in [3.05, 3.63) is 28.0 Å². The number of carbonyl (C=O) groups excluding carboxylic acids is 1. The molecule has 1 saturated carbocycles. The van der Waals surface area contributed by atoms with Crippen molar-refractivity contribution in [3.63, 3.8) is 0 Å². The third-order valence-electron chi connectivity index (χ3n) is 2.99. The molecular formula is C13H16BrFN2O. The predicted octanol–water partition coefficient (Wildman–Crippen LogP) is 2.83. The van der Waals surface area contributed by atoms with Crippen LogP contribution in [0.5, 0.6) is 0 Å². The first-order valence-corrected chi connectivity index (χ1v) is 6.82. The van der Waals surface area contributed by atoms with Gasteiger partial charge in [-0.05, 0) is 59.3 Å². The van der Waals surface area contributed by atoms with E-state index in [1.54, 1.807) is 6.07 Å². The summed E-state index contributed by atoms with van der Waals surface area (Å²) in [6, 6.07) is 3.09. The highest BCUT2D eigenvalue weighted by Crippen LogP contribution is 2.27. The van der Waals surface area contributed by atoms with Crippen LogP contribution >= 0.6 is 15.9 Å². The lowest BCUT2D eigenvalue weighted by Crippen LogP contribution is -2.31. The van der Waals surface area contributed by atoms with Crippen LogP contribution in [0.1, 0.15) is 18.4 Å². The van der Waals surface area contributed by atoms with Gasteiger partial charge in [0.25, 0.3) is 0 Å². The second kappa shape index (κ2) is 5.69. The van der Waals surface area contributed by atoms with Gasteiger partial charge in [0.1, 0.15) is 5.82 Å². The molecule has 0 aromatic heterocycles. The lowest BCUT2D eigenvalue weighted by atomic mass is 10.2. The SMILES string of the molecule is Cc1cc(Br)c(F)cc1NCC(=O)NCC1CC1. The number of carbonyl (C=O) groups is 1. The Morgan fingerprint density at radius 1 is 1.50 bits per heavy atom. The molecule has 0 unspecified atom stereocenters. The number of halogens is 2. The minimum absolute atomic E-state index is 0.0513. The molecule has 3 nitrogen and oxygen atoms in total. The van der Waals surface area contributed by atoms with Gasteiger partial charge < -0.3 is 10.6 Å². The zero-order valence-corrected chi connectivity index (χ0v) is 11.8. The number of nitrogens with one attached hydrogen (secondary N) is 2. The van der Waals surface area contributed by atoms with Gasteiger partial charge in [-0.3, -0.25) is 4.79 Å². The molecule has 2 rings (SSSR count). The molecular weight excluding hydrogens is 299 g/mol. The van der Waals surface area contributed by atoms with Crippen molar-refractivity contribution in [2.75, 3.05) is 18.4 Å². The Bertz CT molecular complexity index is 461. The van der Waals surface area contributed by atoms with Crippen molar-refractivity contribution in [2.24, 2.45) is 5.92 Å². The molecule has 1 amide bonds. The highest BCUT2D eigenvalue weighted by atomic mass is 79.9. The van der Waals surface area contributed by atoms with Crippen molar-refractivity contribution >= 4 is 27.5 Å². The highest BCUT2D eigenvalue weighted by Gasteiger charge is 2.21. The highest BCUT2D eigenvalue weighted by molar-refractivity contribution is 9.10. The Labute approximate surface area is 114 Å². The van der Waals surface area contributed by atoms with E-state index in [0.29, 0.717) is 16.1 Å². The van der Waals surface area contributed by atoms with Crippen LogP contribution in [0.4, 0.5) is 10.1 Å². The van der Waals surface area contributed by atoms with Crippen LogP contribution in [0.15, 0.2) is 16.6 Å². The predicted molar refractivity (Wildman–Crippen MR) is 73.1 cm³/mol. The van der Waals surface area contributed by atoms with Gasteiger partial charge in [-0.15, -0.1) is 0 Å². The normalized spacial score (nSPS) is 14.4. The number of rotatable bonds is 5. The van der Waals surface area contributed by atoms with Gasteiger partial charge in [-0.2, -0.15) is 0 Å². The van der Waals surface area contributed by atoms with Crippen LogP contribution in [-0.2, 0) is 4.79 Å². The van der Waals surface area contributed by atoms with Gasteiger partial charge in [0.15, 0.2) is 0 Å². The maximum Gasteiger partial charge on any atom is 0.239 e. The van der Waals surface area contributed by atoms with Gasteiger partial charge in [0, 0.05) is 12.2 Å². The molecule has 0 spiro atoms. The smallest absolute Gasteiger partial charge is 0.239 e. The van der Waals surface area contributed by atoms with E-state index in [4.69, 9.17) is 0 Å². The van der Waals surface area contributed by atoms with E-state index in [-0.39, 0.29) is 18.3 Å². The molecule has 1 aliphatic carbocycles. The fraction of sp³-hybridized carbons (Fsp3) is 0.462. The molecule has 0 bridgehead atoms. The number of benzene rings is 1. The van der Waals surface area contributed by atoms with Gasteiger partial charge in [0.2, 0.25) is 5.91 Å². The van der Waals surface area contributed by atoms with Gasteiger partial charge in [0.05, 0.1) is 11.0 Å². The van der Waals surface area contributed by atoms with E-state index in [1.807, 2.05) is 6.92 Å². The third kappa shape index (κ3) is 3.70. The summed E-state index contributed by atoms with van der Waals surface area (Å²) in [5.41, 5.74) is 1.55. The van der Waals surface area contributed by atoms with Crippen LogP contribution < -0.4 is 10.6 Å². The van der Waals surface area contributed by atoms with E-state index in [0.717, 1.165) is 12.1 Å². The second-order valence-electron chi connectivity index (χ2n) is 4.68. The minimum Gasteiger partial charge on any atom is -0.376 e. The van der Waals surface area contributed by atoms with Crippen LogP contribution in [-0.4, -0.2) is 19.0 Å². The molecule has 0 heterocycles. The Morgan fingerprint density at radius 3 is 2.89 bits per heavy atom. The lowest BCUT2D eigenvalue weighted by molar-refractivity contribution is -0.119.